The van der Waals surface area contributed by atoms with E-state index in [1.165, 1.54) is 18.5 Å². The zero-order valence-electron chi connectivity index (χ0n) is 14.8. The van der Waals surface area contributed by atoms with Gasteiger partial charge in [-0.1, -0.05) is 0 Å². The molecule has 1 amide bonds. The highest BCUT2D eigenvalue weighted by atomic mass is 19.1. The number of aryl methyl sites for hydroxylation is 2. The summed E-state index contributed by atoms with van der Waals surface area (Å²) < 4.78 is 16.1. The van der Waals surface area contributed by atoms with Crippen LogP contribution in [-0.2, 0) is 7.05 Å². The van der Waals surface area contributed by atoms with Crippen LogP contribution in [0.4, 0.5) is 10.2 Å². The molecule has 0 bridgehead atoms. The van der Waals surface area contributed by atoms with Crippen molar-refractivity contribution in [1.82, 2.24) is 25.1 Å². The van der Waals surface area contributed by atoms with E-state index in [1.807, 2.05) is 24.7 Å². The van der Waals surface area contributed by atoms with E-state index in [0.717, 1.165) is 30.9 Å². The molecule has 1 aliphatic rings. The van der Waals surface area contributed by atoms with Crippen LogP contribution in [0, 0.1) is 12.7 Å². The van der Waals surface area contributed by atoms with E-state index in [9.17, 15) is 9.18 Å². The summed E-state index contributed by atoms with van der Waals surface area (Å²) in [6.07, 6.45) is 3.31. The molecule has 1 saturated heterocycles. The van der Waals surface area contributed by atoms with E-state index in [4.69, 9.17) is 0 Å². The number of halogens is 1. The number of benzene rings is 1. The number of nitrogens with zero attached hydrogens (tertiary/aromatic N) is 4. The van der Waals surface area contributed by atoms with Gasteiger partial charge in [0.05, 0.1) is 28.6 Å². The minimum atomic E-state index is -0.547. The van der Waals surface area contributed by atoms with Crippen molar-refractivity contribution in [3.8, 4) is 0 Å². The molecule has 26 heavy (non-hydrogen) atoms. The summed E-state index contributed by atoms with van der Waals surface area (Å²) >= 11 is 0. The Labute approximate surface area is 150 Å². The van der Waals surface area contributed by atoms with Gasteiger partial charge in [-0.2, -0.15) is 5.10 Å². The van der Waals surface area contributed by atoms with Gasteiger partial charge in [0.2, 0.25) is 0 Å². The summed E-state index contributed by atoms with van der Waals surface area (Å²) in [6.45, 7) is 3.55. The van der Waals surface area contributed by atoms with Crippen LogP contribution < -0.4 is 10.2 Å². The molecule has 1 aliphatic heterocycles. The molecule has 2 N–H and O–H groups in total. The van der Waals surface area contributed by atoms with Crippen molar-refractivity contribution in [3.05, 3.63) is 41.6 Å². The first kappa shape index (κ1) is 16.6. The fourth-order valence-electron chi connectivity index (χ4n) is 3.59. The summed E-state index contributed by atoms with van der Waals surface area (Å²) in [5, 5.41) is 7.35. The molecular formula is C18H21FN6O. The normalized spacial score (nSPS) is 17.7. The van der Waals surface area contributed by atoms with E-state index in [1.54, 1.807) is 0 Å². The van der Waals surface area contributed by atoms with E-state index < -0.39 is 11.7 Å². The van der Waals surface area contributed by atoms with Gasteiger partial charge in [0, 0.05) is 38.3 Å². The molecule has 0 aliphatic carbocycles. The van der Waals surface area contributed by atoms with Crippen LogP contribution in [0.2, 0.25) is 0 Å². The van der Waals surface area contributed by atoms with Crippen LogP contribution in [0.1, 0.15) is 28.9 Å². The van der Waals surface area contributed by atoms with Gasteiger partial charge in [0.25, 0.3) is 5.91 Å². The van der Waals surface area contributed by atoms with Crippen LogP contribution in [0.5, 0.6) is 0 Å². The Balaban J connectivity index is 1.49. The number of piperidine rings is 1. The predicted molar refractivity (Wildman–Crippen MR) is 96.7 cm³/mol. The van der Waals surface area contributed by atoms with Crippen molar-refractivity contribution >= 4 is 22.8 Å². The molecule has 7 nitrogen and oxygen atoms in total. The fourth-order valence-corrected chi connectivity index (χ4v) is 3.59. The number of rotatable bonds is 3. The van der Waals surface area contributed by atoms with Gasteiger partial charge >= 0.3 is 0 Å². The molecule has 8 heteroatoms. The molecule has 1 unspecified atom stereocenters. The van der Waals surface area contributed by atoms with E-state index in [2.05, 4.69) is 25.3 Å². The lowest BCUT2D eigenvalue weighted by molar-refractivity contribution is 0.0929. The number of nitrogens with one attached hydrogen (secondary N) is 2. The lowest BCUT2D eigenvalue weighted by atomic mass is 10.0. The molecule has 136 valence electrons. The third-order valence-corrected chi connectivity index (χ3v) is 4.81. The number of hydrogen-bond acceptors (Lipinski definition) is 4. The van der Waals surface area contributed by atoms with Gasteiger partial charge in [-0.05, 0) is 25.8 Å². The highest BCUT2D eigenvalue weighted by Crippen LogP contribution is 2.21. The number of H-pyrrole nitrogens is 1. The van der Waals surface area contributed by atoms with Crippen LogP contribution in [0.15, 0.2) is 24.5 Å². The molecular weight excluding hydrogens is 335 g/mol. The van der Waals surface area contributed by atoms with Gasteiger partial charge in [-0.25, -0.2) is 9.37 Å². The Morgan fingerprint density at radius 2 is 2.23 bits per heavy atom. The lowest BCUT2D eigenvalue weighted by Gasteiger charge is -2.34. The largest absolute Gasteiger partial charge is 0.355 e. The third kappa shape index (κ3) is 3.02. The summed E-state index contributed by atoms with van der Waals surface area (Å²) in [4.78, 5) is 21.7. The smallest absolute Gasteiger partial charge is 0.254 e. The maximum absolute atomic E-state index is 14.3. The number of amides is 1. The number of hydrogen-bond donors (Lipinski definition) is 2. The van der Waals surface area contributed by atoms with Gasteiger partial charge < -0.3 is 15.2 Å². The monoisotopic (exact) mass is 356 g/mol. The number of carbonyl (C=O) groups excluding carboxylic acids is 1. The van der Waals surface area contributed by atoms with E-state index in [-0.39, 0.29) is 11.6 Å². The molecule has 0 saturated carbocycles. The maximum Gasteiger partial charge on any atom is 0.254 e. The van der Waals surface area contributed by atoms with Crippen LogP contribution >= 0.6 is 0 Å². The van der Waals surface area contributed by atoms with Gasteiger partial charge in [0.15, 0.2) is 0 Å². The third-order valence-electron chi connectivity index (χ3n) is 4.81. The highest BCUT2D eigenvalue weighted by Gasteiger charge is 2.25. The zero-order valence-corrected chi connectivity index (χ0v) is 14.8. The van der Waals surface area contributed by atoms with Crippen molar-refractivity contribution in [1.29, 1.82) is 0 Å². The van der Waals surface area contributed by atoms with Crippen LogP contribution in [0.25, 0.3) is 11.0 Å². The molecule has 1 aromatic carbocycles. The average Bonchev–Trinajstić information content (AvgIpc) is 3.19. The summed E-state index contributed by atoms with van der Waals surface area (Å²) in [5.74, 6) is 0.0835. The second-order valence-electron chi connectivity index (χ2n) is 6.78. The molecule has 3 heterocycles. The van der Waals surface area contributed by atoms with Crippen LogP contribution in [-0.4, -0.2) is 44.8 Å². The molecule has 2 aromatic heterocycles. The average molecular weight is 356 g/mol. The topological polar surface area (TPSA) is 78.8 Å². The molecule has 0 spiro atoms. The standard InChI is InChI=1S/C18H21FN6O/c1-11-6-17(24(2)23-11)25-5-3-4-12(9-25)22-18(26)13-7-15-16(8-14(13)19)21-10-20-15/h6-8,10,12H,3-5,9H2,1-2H3,(H,20,21)(H,22,26). The van der Waals surface area contributed by atoms with E-state index >= 15 is 0 Å². The first-order chi connectivity index (χ1) is 12.5. The maximum atomic E-state index is 14.3. The number of imidazole rings is 1. The Morgan fingerprint density at radius 1 is 1.38 bits per heavy atom. The zero-order chi connectivity index (χ0) is 18.3. The summed E-state index contributed by atoms with van der Waals surface area (Å²) in [5.41, 5.74) is 2.14. The first-order valence-electron chi connectivity index (χ1n) is 8.70. The predicted octanol–water partition coefficient (Wildman–Crippen LogP) is 2.14. The molecule has 1 fully saturated rings. The lowest BCUT2D eigenvalue weighted by Crippen LogP contribution is -2.48. The van der Waals surface area contributed by atoms with Crippen molar-refractivity contribution in [2.24, 2.45) is 7.05 Å². The highest BCUT2D eigenvalue weighted by molar-refractivity contribution is 5.97. The van der Waals surface area contributed by atoms with Crippen molar-refractivity contribution < 1.29 is 9.18 Å². The Morgan fingerprint density at radius 3 is 3.00 bits per heavy atom. The Kier molecular flexibility index (Phi) is 4.10. The van der Waals surface area contributed by atoms with E-state index in [0.29, 0.717) is 17.6 Å². The van der Waals surface area contributed by atoms with Gasteiger partial charge in [-0.3, -0.25) is 9.48 Å². The number of fused-ring (bicyclic) bond motifs is 1. The summed E-state index contributed by atoms with van der Waals surface area (Å²) in [7, 11) is 1.92. The second kappa shape index (κ2) is 6.44. The van der Waals surface area contributed by atoms with Gasteiger partial charge in [0.1, 0.15) is 11.6 Å². The SMILES string of the molecule is Cc1cc(N2CCCC(NC(=O)c3cc4nc[nH]c4cc3F)C2)n(C)n1. The minimum absolute atomic E-state index is 0.0260. The first-order valence-corrected chi connectivity index (χ1v) is 8.70. The quantitative estimate of drug-likeness (QED) is 0.754. The molecule has 0 radical (unpaired) electrons. The molecule has 3 aromatic rings. The van der Waals surface area contributed by atoms with Crippen molar-refractivity contribution in [2.75, 3.05) is 18.0 Å². The summed E-state index contributed by atoms with van der Waals surface area (Å²) in [6, 6.07) is 4.79. The number of anilines is 1. The number of aromatic nitrogens is 4. The van der Waals surface area contributed by atoms with Crippen LogP contribution in [0.3, 0.4) is 0 Å². The Bertz CT molecular complexity index is 962. The fraction of sp³-hybridized carbons (Fsp3) is 0.389. The second-order valence-corrected chi connectivity index (χ2v) is 6.78. The minimum Gasteiger partial charge on any atom is -0.355 e. The molecule has 1 atom stereocenters. The van der Waals surface area contributed by atoms with Crippen molar-refractivity contribution in [3.63, 3.8) is 0 Å². The van der Waals surface area contributed by atoms with Crippen molar-refractivity contribution in [2.45, 2.75) is 25.8 Å². The Hall–Kier alpha value is -2.90. The molecule has 4 rings (SSSR count). The number of aromatic amines is 1. The number of carbonyl (C=O) groups is 1. The van der Waals surface area contributed by atoms with Gasteiger partial charge in [-0.15, -0.1) is 0 Å².